The number of nitrogens with one attached hydrogen (secondary N) is 1. The number of nitrogens with zero attached hydrogens (tertiary/aromatic N) is 3. The van der Waals surface area contributed by atoms with Gasteiger partial charge in [-0.05, 0) is 42.8 Å². The summed E-state index contributed by atoms with van der Waals surface area (Å²) in [6.07, 6.45) is 1.52. The molecule has 8 nitrogen and oxygen atoms in total. The second kappa shape index (κ2) is 10.6. The topological polar surface area (TPSA) is 85.7 Å². The van der Waals surface area contributed by atoms with E-state index in [1.54, 1.807) is 21.7 Å². The Labute approximate surface area is 200 Å². The van der Waals surface area contributed by atoms with E-state index in [0.717, 1.165) is 15.8 Å². The highest BCUT2D eigenvalue weighted by atomic mass is 79.9. The smallest absolute Gasteiger partial charge is 0.274 e. The van der Waals surface area contributed by atoms with Crippen LogP contribution in [0.4, 0.5) is 5.69 Å². The van der Waals surface area contributed by atoms with Crippen LogP contribution in [0.2, 0.25) is 0 Å². The normalized spacial score (nSPS) is 13.6. The zero-order valence-corrected chi connectivity index (χ0v) is 19.9. The Bertz CT molecular complexity index is 1140. The molecule has 0 saturated carbocycles. The van der Waals surface area contributed by atoms with E-state index in [0.29, 0.717) is 56.4 Å². The Kier molecular flexibility index (Phi) is 7.41. The molecule has 1 aliphatic rings. The number of aryl methyl sites for hydroxylation is 1. The third kappa shape index (κ3) is 5.61. The maximum Gasteiger partial charge on any atom is 0.274 e. The Hall–Kier alpha value is -3.17. The third-order valence-electron chi connectivity index (χ3n) is 5.28. The Morgan fingerprint density at radius 3 is 2.70 bits per heavy atom. The molecule has 2 aromatic carbocycles. The van der Waals surface area contributed by atoms with Gasteiger partial charge in [-0.25, -0.2) is 0 Å². The van der Waals surface area contributed by atoms with Crippen molar-refractivity contribution in [1.82, 2.24) is 14.7 Å². The molecule has 0 bridgehead atoms. The fraction of sp³-hybridized carbons (Fsp3) is 0.292. The van der Waals surface area contributed by atoms with Crippen molar-refractivity contribution < 1.29 is 19.1 Å². The molecule has 2 heterocycles. The fourth-order valence-electron chi connectivity index (χ4n) is 3.58. The van der Waals surface area contributed by atoms with Gasteiger partial charge in [-0.15, -0.1) is 0 Å². The van der Waals surface area contributed by atoms with Gasteiger partial charge in [0.2, 0.25) is 0 Å². The van der Waals surface area contributed by atoms with Gasteiger partial charge in [-0.2, -0.15) is 5.10 Å². The first kappa shape index (κ1) is 23.0. The van der Waals surface area contributed by atoms with Crippen LogP contribution in [0.5, 0.6) is 5.75 Å². The molecule has 3 aromatic rings. The van der Waals surface area contributed by atoms with Crippen molar-refractivity contribution >= 4 is 33.4 Å². The summed E-state index contributed by atoms with van der Waals surface area (Å²) >= 11 is 3.43. The molecule has 4 rings (SSSR count). The summed E-state index contributed by atoms with van der Waals surface area (Å²) in [4.78, 5) is 27.8. The van der Waals surface area contributed by atoms with E-state index >= 15 is 0 Å². The van der Waals surface area contributed by atoms with Gasteiger partial charge in [0.15, 0.2) is 0 Å². The van der Waals surface area contributed by atoms with Crippen molar-refractivity contribution in [3.63, 3.8) is 0 Å². The first-order valence-corrected chi connectivity index (χ1v) is 11.6. The van der Waals surface area contributed by atoms with Crippen LogP contribution in [0.1, 0.15) is 33.3 Å². The molecule has 1 saturated heterocycles. The van der Waals surface area contributed by atoms with Crippen LogP contribution in [-0.4, -0.2) is 52.8 Å². The van der Waals surface area contributed by atoms with Gasteiger partial charge in [-0.1, -0.05) is 34.1 Å². The summed E-state index contributed by atoms with van der Waals surface area (Å²) < 4.78 is 13.7. The third-order valence-corrected chi connectivity index (χ3v) is 5.77. The van der Waals surface area contributed by atoms with Crippen molar-refractivity contribution in [2.45, 2.75) is 20.1 Å². The minimum absolute atomic E-state index is 0.163. The van der Waals surface area contributed by atoms with Crippen LogP contribution in [0, 0.1) is 0 Å². The molecule has 2 amide bonds. The number of hydrogen-bond acceptors (Lipinski definition) is 5. The van der Waals surface area contributed by atoms with Crippen LogP contribution in [0.25, 0.3) is 0 Å². The van der Waals surface area contributed by atoms with Crippen LogP contribution in [0.3, 0.4) is 0 Å². The first-order chi connectivity index (χ1) is 16.0. The molecule has 0 aliphatic carbocycles. The van der Waals surface area contributed by atoms with Gasteiger partial charge in [0.05, 0.1) is 25.1 Å². The average molecular weight is 513 g/mol. The van der Waals surface area contributed by atoms with Crippen molar-refractivity contribution in [1.29, 1.82) is 0 Å². The summed E-state index contributed by atoms with van der Waals surface area (Å²) in [6, 6.07) is 14.8. The van der Waals surface area contributed by atoms with Gasteiger partial charge in [0, 0.05) is 29.7 Å². The minimum Gasteiger partial charge on any atom is -0.489 e. The van der Waals surface area contributed by atoms with Gasteiger partial charge in [0.25, 0.3) is 11.8 Å². The number of amides is 2. The van der Waals surface area contributed by atoms with Crippen LogP contribution < -0.4 is 10.1 Å². The lowest BCUT2D eigenvalue weighted by Crippen LogP contribution is -2.41. The van der Waals surface area contributed by atoms with Crippen LogP contribution >= 0.6 is 15.9 Å². The maximum absolute atomic E-state index is 13.1. The monoisotopic (exact) mass is 512 g/mol. The number of morpholine rings is 1. The largest absolute Gasteiger partial charge is 0.489 e. The number of rotatable bonds is 7. The molecule has 0 atom stereocenters. The molecule has 0 radical (unpaired) electrons. The number of carbonyl (C=O) groups excluding carboxylic acids is 2. The number of benzene rings is 2. The van der Waals surface area contributed by atoms with Gasteiger partial charge in [-0.3, -0.25) is 14.3 Å². The molecule has 1 N–H and O–H groups in total. The zero-order chi connectivity index (χ0) is 23.2. The summed E-state index contributed by atoms with van der Waals surface area (Å²) in [7, 11) is 0. The Balaban J connectivity index is 1.47. The van der Waals surface area contributed by atoms with Crippen molar-refractivity contribution in [3.05, 3.63) is 76.0 Å². The van der Waals surface area contributed by atoms with Crippen molar-refractivity contribution in [2.24, 2.45) is 0 Å². The van der Waals surface area contributed by atoms with E-state index < -0.39 is 0 Å². The fourth-order valence-corrected chi connectivity index (χ4v) is 3.96. The predicted molar refractivity (Wildman–Crippen MR) is 127 cm³/mol. The first-order valence-electron chi connectivity index (χ1n) is 10.8. The van der Waals surface area contributed by atoms with E-state index in [1.165, 1.54) is 6.20 Å². The summed E-state index contributed by atoms with van der Waals surface area (Å²) in [5, 5.41) is 7.15. The lowest BCUT2D eigenvalue weighted by atomic mass is 10.1. The lowest BCUT2D eigenvalue weighted by Gasteiger charge is -2.27. The zero-order valence-electron chi connectivity index (χ0n) is 18.3. The van der Waals surface area contributed by atoms with Crippen LogP contribution in [-0.2, 0) is 17.9 Å². The Morgan fingerprint density at radius 2 is 1.94 bits per heavy atom. The minimum atomic E-state index is -0.314. The number of aromatic nitrogens is 2. The number of hydrogen-bond donors (Lipinski definition) is 1. The van der Waals surface area contributed by atoms with E-state index in [2.05, 4.69) is 26.3 Å². The lowest BCUT2D eigenvalue weighted by molar-refractivity contribution is 0.0295. The van der Waals surface area contributed by atoms with Gasteiger partial charge in [0.1, 0.15) is 18.1 Å². The molecular formula is C24H25BrN4O4. The number of halogens is 1. The summed E-state index contributed by atoms with van der Waals surface area (Å²) in [5.74, 6) is 0.257. The van der Waals surface area contributed by atoms with E-state index in [-0.39, 0.29) is 11.8 Å². The Morgan fingerprint density at radius 1 is 1.15 bits per heavy atom. The maximum atomic E-state index is 13.1. The molecule has 9 heteroatoms. The quantitative estimate of drug-likeness (QED) is 0.517. The molecular weight excluding hydrogens is 488 g/mol. The summed E-state index contributed by atoms with van der Waals surface area (Å²) in [6.45, 7) is 4.78. The molecule has 1 aromatic heterocycles. The molecule has 172 valence electrons. The second-order valence-electron chi connectivity index (χ2n) is 7.53. The van der Waals surface area contributed by atoms with Gasteiger partial charge < -0.3 is 19.7 Å². The predicted octanol–water partition coefficient (Wildman–Crippen LogP) is 3.97. The standard InChI is InChI=1S/C24H25BrN4O4/c1-2-29-22(24(31)28-9-11-32-12-10-28)21(15-26-29)27-23(30)18-6-3-5-17(13-18)16-33-20-8-4-7-19(25)14-20/h3-8,13-15H,2,9-12,16H2,1H3,(H,27,30). The van der Waals surface area contributed by atoms with Crippen molar-refractivity contribution in [3.8, 4) is 5.75 Å². The number of anilines is 1. The highest BCUT2D eigenvalue weighted by molar-refractivity contribution is 9.10. The highest BCUT2D eigenvalue weighted by Crippen LogP contribution is 2.21. The van der Waals surface area contributed by atoms with E-state index in [1.807, 2.05) is 43.3 Å². The second-order valence-corrected chi connectivity index (χ2v) is 8.44. The molecule has 1 fully saturated rings. The summed E-state index contributed by atoms with van der Waals surface area (Å²) in [5.41, 5.74) is 2.10. The highest BCUT2D eigenvalue weighted by Gasteiger charge is 2.26. The SMILES string of the molecule is CCn1ncc(NC(=O)c2cccc(COc3cccc(Br)c3)c2)c1C(=O)N1CCOCC1. The number of carbonyl (C=O) groups is 2. The van der Waals surface area contributed by atoms with Crippen molar-refractivity contribution in [2.75, 3.05) is 31.6 Å². The molecule has 0 spiro atoms. The van der Waals surface area contributed by atoms with Gasteiger partial charge >= 0.3 is 0 Å². The van der Waals surface area contributed by atoms with E-state index in [4.69, 9.17) is 9.47 Å². The molecule has 33 heavy (non-hydrogen) atoms. The number of ether oxygens (including phenoxy) is 2. The average Bonchev–Trinajstić information content (AvgIpc) is 3.25. The van der Waals surface area contributed by atoms with Crippen LogP contribution in [0.15, 0.2) is 59.2 Å². The molecule has 0 unspecified atom stereocenters. The molecule has 1 aliphatic heterocycles. The van der Waals surface area contributed by atoms with E-state index in [9.17, 15) is 9.59 Å².